The molecule has 3 heteroatoms. The lowest BCUT2D eigenvalue weighted by molar-refractivity contribution is 0.712. The summed E-state index contributed by atoms with van der Waals surface area (Å²) in [7, 11) is 0. The molecule has 0 nitrogen and oxygen atoms in total. The summed E-state index contributed by atoms with van der Waals surface area (Å²) in [5, 5.41) is 2.31. The second-order valence-electron chi connectivity index (χ2n) is 3.28. The summed E-state index contributed by atoms with van der Waals surface area (Å²) in [5.74, 6) is 0.904. The monoisotopic (exact) mass is 264 g/mol. The predicted molar refractivity (Wildman–Crippen MR) is 58.0 cm³/mol. The molecule has 1 atom stereocenters. The van der Waals surface area contributed by atoms with Crippen LogP contribution in [0.25, 0.3) is 0 Å². The van der Waals surface area contributed by atoms with E-state index < -0.39 is 0 Å². The SMILES string of the molecule is ClC(CC1CC1)c1sccc1Br. The van der Waals surface area contributed by atoms with E-state index in [9.17, 15) is 0 Å². The van der Waals surface area contributed by atoms with Gasteiger partial charge in [0.25, 0.3) is 0 Å². The van der Waals surface area contributed by atoms with Gasteiger partial charge in [-0.3, -0.25) is 0 Å². The van der Waals surface area contributed by atoms with Gasteiger partial charge in [-0.1, -0.05) is 12.8 Å². The lowest BCUT2D eigenvalue weighted by Gasteiger charge is -2.05. The molecule has 1 fully saturated rings. The van der Waals surface area contributed by atoms with E-state index in [1.54, 1.807) is 11.3 Å². The molecular weight excluding hydrogens is 256 g/mol. The van der Waals surface area contributed by atoms with E-state index in [0.29, 0.717) is 0 Å². The number of alkyl halides is 1. The molecule has 1 aliphatic carbocycles. The van der Waals surface area contributed by atoms with Crippen molar-refractivity contribution in [2.45, 2.75) is 24.6 Å². The number of hydrogen-bond donors (Lipinski definition) is 0. The van der Waals surface area contributed by atoms with Crippen LogP contribution < -0.4 is 0 Å². The molecule has 12 heavy (non-hydrogen) atoms. The Morgan fingerprint density at radius 2 is 2.42 bits per heavy atom. The van der Waals surface area contributed by atoms with Crippen LogP contribution in [0.3, 0.4) is 0 Å². The molecule has 1 aromatic heterocycles. The van der Waals surface area contributed by atoms with E-state index in [1.165, 1.54) is 22.2 Å². The van der Waals surface area contributed by atoms with Crippen LogP contribution >= 0.6 is 38.9 Å². The Morgan fingerprint density at radius 1 is 1.67 bits per heavy atom. The molecule has 0 radical (unpaired) electrons. The van der Waals surface area contributed by atoms with Gasteiger partial charge in [-0.15, -0.1) is 22.9 Å². The topological polar surface area (TPSA) is 0 Å². The van der Waals surface area contributed by atoms with Crippen LogP contribution in [-0.4, -0.2) is 0 Å². The van der Waals surface area contributed by atoms with E-state index in [-0.39, 0.29) is 5.38 Å². The first-order valence-corrected chi connectivity index (χ1v) is 6.25. The average molecular weight is 266 g/mol. The molecule has 1 aromatic rings. The van der Waals surface area contributed by atoms with Crippen LogP contribution in [0.2, 0.25) is 0 Å². The van der Waals surface area contributed by atoms with Gasteiger partial charge in [0, 0.05) is 9.35 Å². The highest BCUT2D eigenvalue weighted by molar-refractivity contribution is 9.10. The third-order valence-corrected chi connectivity index (χ3v) is 4.68. The van der Waals surface area contributed by atoms with Crippen molar-refractivity contribution < 1.29 is 0 Å². The second-order valence-corrected chi connectivity index (χ2v) is 5.61. The zero-order valence-electron chi connectivity index (χ0n) is 6.59. The molecule has 1 unspecified atom stereocenters. The molecule has 0 aliphatic heterocycles. The van der Waals surface area contributed by atoms with Crippen molar-refractivity contribution in [3.8, 4) is 0 Å². The molecule has 0 aromatic carbocycles. The Balaban J connectivity index is 2.02. The van der Waals surface area contributed by atoms with Gasteiger partial charge in [0.15, 0.2) is 0 Å². The fourth-order valence-corrected chi connectivity index (χ4v) is 3.58. The summed E-state index contributed by atoms with van der Waals surface area (Å²) in [6.07, 6.45) is 3.92. The van der Waals surface area contributed by atoms with Gasteiger partial charge in [0.05, 0.1) is 5.38 Å². The maximum absolute atomic E-state index is 6.27. The Bertz CT molecular complexity index is 267. The maximum atomic E-state index is 6.27. The van der Waals surface area contributed by atoms with Crippen molar-refractivity contribution in [3.05, 3.63) is 20.8 Å². The van der Waals surface area contributed by atoms with Gasteiger partial charge in [-0.2, -0.15) is 0 Å². The Hall–Kier alpha value is 0.470. The minimum Gasteiger partial charge on any atom is -0.146 e. The summed E-state index contributed by atoms with van der Waals surface area (Å²) >= 11 is 11.5. The fraction of sp³-hybridized carbons (Fsp3) is 0.556. The van der Waals surface area contributed by atoms with Crippen molar-refractivity contribution in [3.63, 3.8) is 0 Å². The number of thiophene rings is 1. The number of rotatable bonds is 3. The van der Waals surface area contributed by atoms with Gasteiger partial charge in [0.2, 0.25) is 0 Å². The summed E-state index contributed by atoms with van der Waals surface area (Å²) < 4.78 is 1.17. The Labute approximate surface area is 90.1 Å². The smallest absolute Gasteiger partial charge is 0.0692 e. The first kappa shape index (κ1) is 9.04. The molecule has 0 bridgehead atoms. The molecule has 1 aliphatic rings. The molecular formula is C9H10BrClS. The largest absolute Gasteiger partial charge is 0.146 e. The Kier molecular flexibility index (Phi) is 2.78. The van der Waals surface area contributed by atoms with Crippen molar-refractivity contribution in [1.29, 1.82) is 0 Å². The van der Waals surface area contributed by atoms with Crippen LogP contribution in [0.4, 0.5) is 0 Å². The predicted octanol–water partition coefficient (Wildman–Crippen LogP) is 4.59. The highest BCUT2D eigenvalue weighted by Gasteiger charge is 2.26. The van der Waals surface area contributed by atoms with Crippen molar-refractivity contribution in [2.75, 3.05) is 0 Å². The molecule has 1 saturated carbocycles. The van der Waals surface area contributed by atoms with E-state index >= 15 is 0 Å². The van der Waals surface area contributed by atoms with Crippen LogP contribution in [0.15, 0.2) is 15.9 Å². The zero-order chi connectivity index (χ0) is 8.55. The number of halogens is 2. The molecule has 0 amide bonds. The summed E-state index contributed by atoms with van der Waals surface area (Å²) in [4.78, 5) is 1.29. The van der Waals surface area contributed by atoms with E-state index in [1.807, 2.05) is 0 Å². The van der Waals surface area contributed by atoms with Gasteiger partial charge >= 0.3 is 0 Å². The van der Waals surface area contributed by atoms with Crippen LogP contribution in [0, 0.1) is 5.92 Å². The Morgan fingerprint density at radius 3 is 2.92 bits per heavy atom. The number of hydrogen-bond acceptors (Lipinski definition) is 1. The molecule has 1 heterocycles. The molecule has 66 valence electrons. The molecule has 0 spiro atoms. The summed E-state index contributed by atoms with van der Waals surface area (Å²) in [5.41, 5.74) is 0. The van der Waals surface area contributed by atoms with Crippen molar-refractivity contribution in [2.24, 2.45) is 5.92 Å². The molecule has 2 rings (SSSR count). The van der Waals surface area contributed by atoms with E-state index in [4.69, 9.17) is 11.6 Å². The van der Waals surface area contributed by atoms with E-state index in [0.717, 1.165) is 12.3 Å². The normalized spacial score (nSPS) is 19.5. The van der Waals surface area contributed by atoms with Crippen LogP contribution in [0.5, 0.6) is 0 Å². The maximum Gasteiger partial charge on any atom is 0.0692 e. The van der Waals surface area contributed by atoms with Crippen LogP contribution in [-0.2, 0) is 0 Å². The minimum absolute atomic E-state index is 0.229. The molecule has 0 saturated heterocycles. The highest BCUT2D eigenvalue weighted by atomic mass is 79.9. The minimum atomic E-state index is 0.229. The molecule has 0 N–H and O–H groups in total. The van der Waals surface area contributed by atoms with Gasteiger partial charge in [-0.05, 0) is 39.7 Å². The summed E-state index contributed by atoms with van der Waals surface area (Å²) in [6.45, 7) is 0. The standard InChI is InChI=1S/C9H10BrClS/c10-7-3-4-12-9(7)8(11)5-6-1-2-6/h3-4,6,8H,1-2,5H2. The van der Waals surface area contributed by atoms with Gasteiger partial charge in [0.1, 0.15) is 0 Å². The van der Waals surface area contributed by atoms with Gasteiger partial charge in [-0.25, -0.2) is 0 Å². The van der Waals surface area contributed by atoms with Crippen LogP contribution in [0.1, 0.15) is 29.5 Å². The fourth-order valence-electron chi connectivity index (χ4n) is 1.28. The van der Waals surface area contributed by atoms with Crippen molar-refractivity contribution in [1.82, 2.24) is 0 Å². The zero-order valence-corrected chi connectivity index (χ0v) is 9.75. The average Bonchev–Trinajstić information content (AvgIpc) is 2.72. The van der Waals surface area contributed by atoms with Gasteiger partial charge < -0.3 is 0 Å². The first-order valence-electron chi connectivity index (χ1n) is 4.14. The summed E-state index contributed by atoms with van der Waals surface area (Å²) in [6, 6.07) is 2.07. The quantitative estimate of drug-likeness (QED) is 0.701. The van der Waals surface area contributed by atoms with Crippen molar-refractivity contribution >= 4 is 38.9 Å². The first-order chi connectivity index (χ1) is 5.77. The van der Waals surface area contributed by atoms with E-state index in [2.05, 4.69) is 27.4 Å². The third kappa shape index (κ3) is 2.04. The lowest BCUT2D eigenvalue weighted by Crippen LogP contribution is -1.88. The third-order valence-electron chi connectivity index (χ3n) is 2.17. The second kappa shape index (κ2) is 3.69. The lowest BCUT2D eigenvalue weighted by atomic mass is 10.2. The highest BCUT2D eigenvalue weighted by Crippen LogP contribution is 2.43.